The third-order valence-corrected chi connectivity index (χ3v) is 3.63. The van der Waals surface area contributed by atoms with Crippen LogP contribution in [0.5, 0.6) is 0 Å². The Kier molecular flexibility index (Phi) is 3.10. The molecule has 15 heavy (non-hydrogen) atoms. The van der Waals surface area contributed by atoms with Crippen LogP contribution < -0.4 is 5.73 Å². The third kappa shape index (κ3) is 2.40. The maximum Gasteiger partial charge on any atom is 0.0947 e. The van der Waals surface area contributed by atoms with Gasteiger partial charge in [-0.2, -0.15) is 0 Å². The monoisotopic (exact) mass is 207 g/mol. The normalized spacial score (nSPS) is 29.0. The Bertz CT molecular complexity index is 310. The molecule has 0 saturated heterocycles. The van der Waals surface area contributed by atoms with Gasteiger partial charge in [0.05, 0.1) is 18.1 Å². The van der Waals surface area contributed by atoms with Crippen molar-refractivity contribution >= 4 is 0 Å². The average Bonchev–Trinajstić information content (AvgIpc) is 2.65. The summed E-state index contributed by atoms with van der Waals surface area (Å²) in [6, 6.07) is 0.138. The second-order valence-electron chi connectivity index (χ2n) is 5.01. The van der Waals surface area contributed by atoms with Gasteiger partial charge in [0.2, 0.25) is 0 Å². The summed E-state index contributed by atoms with van der Waals surface area (Å²) in [7, 11) is 1.99. The van der Waals surface area contributed by atoms with E-state index >= 15 is 0 Å². The lowest BCUT2D eigenvalue weighted by Crippen LogP contribution is -2.25. The van der Waals surface area contributed by atoms with Crippen LogP contribution >= 0.6 is 0 Å². The molecule has 1 aliphatic rings. The van der Waals surface area contributed by atoms with Gasteiger partial charge >= 0.3 is 0 Å². The van der Waals surface area contributed by atoms with Crippen molar-refractivity contribution in [3.05, 3.63) is 18.2 Å². The van der Waals surface area contributed by atoms with Crippen molar-refractivity contribution in [1.29, 1.82) is 0 Å². The minimum Gasteiger partial charge on any atom is -0.340 e. The molecule has 1 unspecified atom stereocenters. The molecule has 0 bridgehead atoms. The molecule has 3 nitrogen and oxygen atoms in total. The molecular formula is C12H21N3. The summed E-state index contributed by atoms with van der Waals surface area (Å²) in [5, 5.41) is 0. The number of hydrogen-bond acceptors (Lipinski definition) is 2. The fraction of sp³-hybridized carbons (Fsp3) is 0.750. The van der Waals surface area contributed by atoms with Crippen LogP contribution in [-0.2, 0) is 7.05 Å². The fourth-order valence-corrected chi connectivity index (χ4v) is 2.49. The van der Waals surface area contributed by atoms with Crippen molar-refractivity contribution in [3.63, 3.8) is 0 Å². The smallest absolute Gasteiger partial charge is 0.0947 e. The first-order chi connectivity index (χ1) is 7.16. The number of hydrogen-bond donors (Lipinski definition) is 1. The van der Waals surface area contributed by atoms with Crippen LogP contribution in [0.2, 0.25) is 0 Å². The molecule has 84 valence electrons. The highest BCUT2D eigenvalue weighted by Gasteiger charge is 2.25. The minimum absolute atomic E-state index is 0.138. The second kappa shape index (κ2) is 4.35. The highest BCUT2D eigenvalue weighted by atomic mass is 15.0. The average molecular weight is 207 g/mol. The molecule has 1 aromatic heterocycles. The zero-order chi connectivity index (χ0) is 10.8. The van der Waals surface area contributed by atoms with Crippen LogP contribution in [0.1, 0.15) is 44.3 Å². The topological polar surface area (TPSA) is 43.8 Å². The van der Waals surface area contributed by atoms with Crippen LogP contribution in [0.4, 0.5) is 0 Å². The van der Waals surface area contributed by atoms with Crippen LogP contribution in [0.25, 0.3) is 0 Å². The molecule has 2 rings (SSSR count). The van der Waals surface area contributed by atoms with E-state index in [9.17, 15) is 0 Å². The van der Waals surface area contributed by atoms with Gasteiger partial charge in [-0.3, -0.25) is 0 Å². The van der Waals surface area contributed by atoms with Gasteiger partial charge in [0, 0.05) is 13.2 Å². The summed E-state index contributed by atoms with van der Waals surface area (Å²) >= 11 is 0. The molecule has 0 spiro atoms. The fourth-order valence-electron chi connectivity index (χ4n) is 2.49. The number of imidazole rings is 1. The maximum absolute atomic E-state index is 6.25. The van der Waals surface area contributed by atoms with Crippen molar-refractivity contribution < 1.29 is 0 Å². The summed E-state index contributed by atoms with van der Waals surface area (Å²) < 4.78 is 1.97. The first kappa shape index (κ1) is 10.7. The lowest BCUT2D eigenvalue weighted by Gasteiger charge is -2.29. The Morgan fingerprint density at radius 1 is 1.40 bits per heavy atom. The molecule has 0 aromatic carbocycles. The molecule has 0 aliphatic heterocycles. The quantitative estimate of drug-likeness (QED) is 0.808. The van der Waals surface area contributed by atoms with E-state index in [1.54, 1.807) is 0 Å². The Labute approximate surface area is 91.7 Å². The molecule has 2 N–H and O–H groups in total. The van der Waals surface area contributed by atoms with E-state index in [0.29, 0.717) is 5.92 Å². The molecule has 0 amide bonds. The lowest BCUT2D eigenvalue weighted by molar-refractivity contribution is 0.254. The summed E-state index contributed by atoms with van der Waals surface area (Å²) in [5.74, 6) is 1.52. The standard InChI is InChI=1S/C12H21N3/c1-9-3-5-10(6-4-9)12(13)11-7-15(2)8-14-11/h7-10,12H,3-6,13H2,1-2H3. The lowest BCUT2D eigenvalue weighted by atomic mass is 9.79. The minimum atomic E-state index is 0.138. The van der Waals surface area contributed by atoms with E-state index in [1.165, 1.54) is 25.7 Å². The van der Waals surface area contributed by atoms with E-state index < -0.39 is 0 Å². The SMILES string of the molecule is CC1CCC(C(N)c2cn(C)cn2)CC1. The number of aromatic nitrogens is 2. The van der Waals surface area contributed by atoms with Gasteiger partial charge in [-0.05, 0) is 24.7 Å². The molecule has 1 aromatic rings. The van der Waals surface area contributed by atoms with Gasteiger partial charge in [0.1, 0.15) is 0 Å². The van der Waals surface area contributed by atoms with E-state index in [0.717, 1.165) is 11.6 Å². The molecule has 1 atom stereocenters. The first-order valence-corrected chi connectivity index (χ1v) is 5.90. The number of nitrogens with zero attached hydrogens (tertiary/aromatic N) is 2. The van der Waals surface area contributed by atoms with Crippen molar-refractivity contribution in [3.8, 4) is 0 Å². The van der Waals surface area contributed by atoms with Crippen molar-refractivity contribution in [2.75, 3.05) is 0 Å². The van der Waals surface area contributed by atoms with Crippen LogP contribution in [0.3, 0.4) is 0 Å². The molecule has 0 radical (unpaired) electrons. The van der Waals surface area contributed by atoms with Gasteiger partial charge in [-0.15, -0.1) is 0 Å². The van der Waals surface area contributed by atoms with Crippen LogP contribution in [0.15, 0.2) is 12.5 Å². The molecule has 3 heteroatoms. The van der Waals surface area contributed by atoms with Gasteiger partial charge in [-0.25, -0.2) is 4.98 Å². The highest BCUT2D eigenvalue weighted by molar-refractivity contribution is 5.04. The predicted molar refractivity (Wildman–Crippen MR) is 61.3 cm³/mol. The Morgan fingerprint density at radius 3 is 2.60 bits per heavy atom. The number of nitrogens with two attached hydrogens (primary N) is 1. The van der Waals surface area contributed by atoms with E-state index in [-0.39, 0.29) is 6.04 Å². The Balaban J connectivity index is 1.99. The highest BCUT2D eigenvalue weighted by Crippen LogP contribution is 2.34. The maximum atomic E-state index is 6.25. The predicted octanol–water partition coefficient (Wildman–Crippen LogP) is 2.25. The van der Waals surface area contributed by atoms with Crippen molar-refractivity contribution in [2.24, 2.45) is 24.6 Å². The molecule has 1 saturated carbocycles. The largest absolute Gasteiger partial charge is 0.340 e. The molecule has 1 fully saturated rings. The molecular weight excluding hydrogens is 186 g/mol. The van der Waals surface area contributed by atoms with Gasteiger partial charge in [0.25, 0.3) is 0 Å². The number of aryl methyl sites for hydroxylation is 1. The van der Waals surface area contributed by atoms with Gasteiger partial charge in [0.15, 0.2) is 0 Å². The summed E-state index contributed by atoms with van der Waals surface area (Å²) in [6.07, 6.45) is 9.05. The van der Waals surface area contributed by atoms with Crippen LogP contribution in [-0.4, -0.2) is 9.55 Å². The summed E-state index contributed by atoms with van der Waals surface area (Å²) in [5.41, 5.74) is 7.31. The summed E-state index contributed by atoms with van der Waals surface area (Å²) in [6.45, 7) is 2.34. The molecule has 1 heterocycles. The second-order valence-corrected chi connectivity index (χ2v) is 5.01. The number of rotatable bonds is 2. The van der Waals surface area contributed by atoms with E-state index in [4.69, 9.17) is 5.73 Å². The first-order valence-electron chi connectivity index (χ1n) is 5.90. The van der Waals surface area contributed by atoms with Gasteiger partial charge < -0.3 is 10.3 Å². The zero-order valence-electron chi connectivity index (χ0n) is 9.69. The zero-order valence-corrected chi connectivity index (χ0v) is 9.69. The third-order valence-electron chi connectivity index (χ3n) is 3.63. The molecule has 1 aliphatic carbocycles. The van der Waals surface area contributed by atoms with Gasteiger partial charge in [-0.1, -0.05) is 19.8 Å². The Hall–Kier alpha value is -0.830. The van der Waals surface area contributed by atoms with E-state index in [2.05, 4.69) is 11.9 Å². The van der Waals surface area contributed by atoms with E-state index in [1.807, 2.05) is 24.1 Å². The van der Waals surface area contributed by atoms with Crippen LogP contribution in [0, 0.1) is 11.8 Å². The summed E-state index contributed by atoms with van der Waals surface area (Å²) in [4.78, 5) is 4.35. The van der Waals surface area contributed by atoms with Crippen molar-refractivity contribution in [2.45, 2.75) is 38.6 Å². The Morgan fingerprint density at radius 2 is 2.07 bits per heavy atom. The van der Waals surface area contributed by atoms with Crippen molar-refractivity contribution in [1.82, 2.24) is 9.55 Å².